The molecule has 200 valence electrons. The average molecular weight is 550 g/mol. The van der Waals surface area contributed by atoms with Gasteiger partial charge in [-0.3, -0.25) is 18.8 Å². The first kappa shape index (κ1) is 26.5. The summed E-state index contributed by atoms with van der Waals surface area (Å²) in [6, 6.07) is 16.2. The quantitative estimate of drug-likeness (QED) is 0.206. The van der Waals surface area contributed by atoms with Crippen molar-refractivity contribution >= 4 is 39.7 Å². The first-order chi connectivity index (χ1) is 19.4. The van der Waals surface area contributed by atoms with Crippen LogP contribution in [0, 0.1) is 11.8 Å². The number of amides is 1. The van der Waals surface area contributed by atoms with Crippen molar-refractivity contribution in [2.24, 2.45) is 7.05 Å². The third kappa shape index (κ3) is 5.10. The van der Waals surface area contributed by atoms with E-state index in [9.17, 15) is 9.59 Å². The van der Waals surface area contributed by atoms with Crippen LogP contribution in [0.5, 0.6) is 0 Å². The topological polar surface area (TPSA) is 120 Å². The lowest BCUT2D eigenvalue weighted by molar-refractivity contribution is 0.0940. The van der Waals surface area contributed by atoms with E-state index >= 15 is 0 Å². The van der Waals surface area contributed by atoms with E-state index in [1.165, 1.54) is 16.0 Å². The highest BCUT2D eigenvalue weighted by Crippen LogP contribution is 2.26. The fourth-order valence-electron chi connectivity index (χ4n) is 4.54. The van der Waals surface area contributed by atoms with Crippen LogP contribution >= 0.6 is 11.3 Å². The number of nitrogen functional groups attached to an aromatic ring is 1. The van der Waals surface area contributed by atoms with Gasteiger partial charge < -0.3 is 16.4 Å². The largest absolute Gasteiger partial charge is 0.381 e. The molecule has 0 saturated heterocycles. The molecule has 0 bridgehead atoms. The number of carbonyl (C=O) groups excluding carboxylic acids is 1. The van der Waals surface area contributed by atoms with Gasteiger partial charge >= 0.3 is 0 Å². The Morgan fingerprint density at radius 2 is 2.00 bits per heavy atom. The summed E-state index contributed by atoms with van der Waals surface area (Å²) in [5.74, 6) is 6.33. The number of aryl methyl sites for hydroxylation is 1. The zero-order valence-corrected chi connectivity index (χ0v) is 22.8. The molecular formula is C30H27N7O2S. The minimum Gasteiger partial charge on any atom is -0.381 e. The molecule has 3 aromatic heterocycles. The van der Waals surface area contributed by atoms with Crippen molar-refractivity contribution in [3.8, 4) is 17.5 Å². The highest BCUT2D eigenvalue weighted by Gasteiger charge is 2.25. The van der Waals surface area contributed by atoms with Crippen molar-refractivity contribution in [1.82, 2.24) is 24.6 Å². The number of hydrogen-bond donors (Lipinski definition) is 3. The summed E-state index contributed by atoms with van der Waals surface area (Å²) in [7, 11) is 1.70. The van der Waals surface area contributed by atoms with Gasteiger partial charge in [0.25, 0.3) is 11.5 Å². The van der Waals surface area contributed by atoms with E-state index in [4.69, 9.17) is 5.73 Å². The molecule has 4 N–H and O–H groups in total. The van der Waals surface area contributed by atoms with E-state index in [0.29, 0.717) is 45.1 Å². The van der Waals surface area contributed by atoms with Crippen LogP contribution in [0.2, 0.25) is 0 Å². The number of thiazole rings is 1. The Kier molecular flexibility index (Phi) is 7.48. The van der Waals surface area contributed by atoms with Crippen molar-refractivity contribution in [3.05, 3.63) is 111 Å². The van der Waals surface area contributed by atoms with Crippen LogP contribution in [0.4, 0.5) is 11.6 Å². The minimum absolute atomic E-state index is 0.0983. The molecule has 0 aliphatic carbocycles. The molecule has 0 aliphatic rings. The molecular weight excluding hydrogens is 522 g/mol. The molecule has 1 amide bonds. The van der Waals surface area contributed by atoms with Gasteiger partial charge in [0.15, 0.2) is 10.8 Å². The van der Waals surface area contributed by atoms with Gasteiger partial charge in [0.2, 0.25) is 0 Å². The first-order valence-corrected chi connectivity index (χ1v) is 13.4. The molecule has 0 radical (unpaired) electrons. The van der Waals surface area contributed by atoms with Crippen LogP contribution in [-0.4, -0.2) is 31.8 Å². The van der Waals surface area contributed by atoms with Gasteiger partial charge in [-0.05, 0) is 42.5 Å². The first-order valence-electron chi connectivity index (χ1n) is 12.5. The van der Waals surface area contributed by atoms with Gasteiger partial charge in [-0.2, -0.15) is 5.10 Å². The van der Waals surface area contributed by atoms with Crippen molar-refractivity contribution in [2.45, 2.75) is 13.0 Å². The number of pyridine rings is 1. The lowest BCUT2D eigenvalue weighted by atomic mass is 10.0. The maximum Gasteiger partial charge on any atom is 0.264 e. The van der Waals surface area contributed by atoms with E-state index in [1.807, 2.05) is 66.9 Å². The second-order valence-electron chi connectivity index (χ2n) is 9.00. The molecule has 9 nitrogen and oxygen atoms in total. The Morgan fingerprint density at radius 3 is 2.73 bits per heavy atom. The molecule has 10 heteroatoms. The number of nitrogens with two attached hydrogens (primary N) is 1. The molecule has 0 saturated carbocycles. The number of fused-ring (bicyclic) bond motifs is 1. The maximum atomic E-state index is 14.1. The summed E-state index contributed by atoms with van der Waals surface area (Å²) in [6.07, 6.45) is 3.37. The average Bonchev–Trinajstić information content (AvgIpc) is 3.57. The number of benzene rings is 2. The molecule has 0 spiro atoms. The molecule has 3 heterocycles. The Hall–Kier alpha value is -5.14. The number of nitrogens with one attached hydrogen (secondary N) is 2. The van der Waals surface area contributed by atoms with Crippen LogP contribution < -0.4 is 21.9 Å². The fraction of sp³-hybridized carbons (Fsp3) is 0.133. The third-order valence-corrected chi connectivity index (χ3v) is 7.02. The summed E-state index contributed by atoms with van der Waals surface area (Å²) >= 11 is 1.44. The van der Waals surface area contributed by atoms with E-state index in [2.05, 4.69) is 39.1 Å². The number of anilines is 2. The van der Waals surface area contributed by atoms with Crippen LogP contribution in [-0.2, 0) is 7.05 Å². The Morgan fingerprint density at radius 1 is 1.20 bits per heavy atom. The Balaban J connectivity index is 1.62. The highest BCUT2D eigenvalue weighted by atomic mass is 32.1. The van der Waals surface area contributed by atoms with Gasteiger partial charge in [0.05, 0.1) is 11.4 Å². The monoisotopic (exact) mass is 549 g/mol. The van der Waals surface area contributed by atoms with Gasteiger partial charge in [0.1, 0.15) is 11.4 Å². The predicted octanol–water partition coefficient (Wildman–Crippen LogP) is 4.25. The van der Waals surface area contributed by atoms with Gasteiger partial charge in [-0.1, -0.05) is 42.3 Å². The second kappa shape index (κ2) is 11.3. The van der Waals surface area contributed by atoms with E-state index in [0.717, 1.165) is 0 Å². The van der Waals surface area contributed by atoms with E-state index in [1.54, 1.807) is 23.9 Å². The van der Waals surface area contributed by atoms with Crippen LogP contribution in [0.15, 0.2) is 83.6 Å². The standard InChI is InChI=1S/C30H27N7O2S/c1-4-15-33-28-26(27(31)35-36(28)3)29(38)34-19(2)23-18-21-10-8-9-20(13-14-24-32-16-17-40-24)25(21)30(39)37(23)22-11-6-5-7-12-22/h4-12,16-19,33H,1,15H2,2-3H3,(H2,31,35)(H,34,38). The van der Waals surface area contributed by atoms with Crippen LogP contribution in [0.25, 0.3) is 16.5 Å². The summed E-state index contributed by atoms with van der Waals surface area (Å²) < 4.78 is 3.13. The molecule has 40 heavy (non-hydrogen) atoms. The minimum atomic E-state index is -0.568. The number of carbonyl (C=O) groups is 1. The maximum absolute atomic E-state index is 14.1. The SMILES string of the molecule is C=CCNc1c(C(=O)NC(C)c2cc3cccc(C#Cc4nccs4)c3c(=O)n2-c2ccccc2)c(N)nn1C. The summed E-state index contributed by atoms with van der Waals surface area (Å²) in [4.78, 5) is 31.8. The van der Waals surface area contributed by atoms with Crippen LogP contribution in [0.1, 0.15) is 39.6 Å². The van der Waals surface area contributed by atoms with Gasteiger partial charge in [-0.15, -0.1) is 17.9 Å². The predicted molar refractivity (Wildman–Crippen MR) is 160 cm³/mol. The molecule has 5 rings (SSSR count). The molecule has 2 aromatic carbocycles. The van der Waals surface area contributed by atoms with Crippen molar-refractivity contribution in [1.29, 1.82) is 0 Å². The summed E-state index contributed by atoms with van der Waals surface area (Å²) in [5, 5.41) is 14.1. The van der Waals surface area contributed by atoms with E-state index < -0.39 is 11.9 Å². The normalized spacial score (nSPS) is 11.4. The smallest absolute Gasteiger partial charge is 0.264 e. The fourth-order valence-corrected chi connectivity index (χ4v) is 5.02. The summed E-state index contributed by atoms with van der Waals surface area (Å²) in [5.41, 5.74) is 7.96. The lowest BCUT2D eigenvalue weighted by Crippen LogP contribution is -2.32. The molecule has 5 aromatic rings. The highest BCUT2D eigenvalue weighted by molar-refractivity contribution is 7.10. The number of rotatable bonds is 7. The number of para-hydroxylation sites is 1. The number of nitrogens with zero attached hydrogens (tertiary/aromatic N) is 4. The van der Waals surface area contributed by atoms with Crippen molar-refractivity contribution in [2.75, 3.05) is 17.6 Å². The van der Waals surface area contributed by atoms with Crippen molar-refractivity contribution < 1.29 is 4.79 Å². The van der Waals surface area contributed by atoms with Gasteiger partial charge in [-0.25, -0.2) is 4.98 Å². The molecule has 1 atom stereocenters. The number of aromatic nitrogens is 4. The molecule has 0 fully saturated rings. The van der Waals surface area contributed by atoms with Crippen molar-refractivity contribution in [3.63, 3.8) is 0 Å². The zero-order chi connectivity index (χ0) is 28.2. The van der Waals surface area contributed by atoms with Crippen LogP contribution in [0.3, 0.4) is 0 Å². The number of hydrogen-bond acceptors (Lipinski definition) is 7. The lowest BCUT2D eigenvalue weighted by Gasteiger charge is -2.21. The Bertz CT molecular complexity index is 1830. The van der Waals surface area contributed by atoms with E-state index in [-0.39, 0.29) is 16.9 Å². The second-order valence-corrected chi connectivity index (χ2v) is 9.89. The Labute approximate surface area is 235 Å². The zero-order valence-electron chi connectivity index (χ0n) is 22.0. The molecule has 1 unspecified atom stereocenters. The molecule has 0 aliphatic heterocycles. The third-order valence-electron chi connectivity index (χ3n) is 6.33. The van der Waals surface area contributed by atoms with Gasteiger partial charge in [0, 0.05) is 42.1 Å². The summed E-state index contributed by atoms with van der Waals surface area (Å²) in [6.45, 7) is 5.97.